The summed E-state index contributed by atoms with van der Waals surface area (Å²) in [6.45, 7) is 2.28. The number of ether oxygens (including phenoxy) is 1. The maximum Gasteiger partial charge on any atom is 0.251 e. The van der Waals surface area contributed by atoms with Crippen molar-refractivity contribution in [2.45, 2.75) is 13.0 Å². The van der Waals surface area contributed by atoms with E-state index in [0.717, 1.165) is 16.0 Å². The molecule has 3 aromatic rings. The normalized spacial score (nSPS) is 12.0. The van der Waals surface area contributed by atoms with E-state index in [9.17, 15) is 9.18 Å². The molecule has 1 N–H and O–H groups in total. The predicted molar refractivity (Wildman–Crippen MR) is 107 cm³/mol. The Bertz CT molecular complexity index is 947. The third-order valence-electron chi connectivity index (χ3n) is 3.95. The van der Waals surface area contributed by atoms with Gasteiger partial charge in [0.25, 0.3) is 5.91 Å². The summed E-state index contributed by atoms with van der Waals surface area (Å²) in [7, 11) is 1.59. The van der Waals surface area contributed by atoms with Gasteiger partial charge >= 0.3 is 0 Å². The molecule has 0 aliphatic heterocycles. The van der Waals surface area contributed by atoms with Crippen molar-refractivity contribution in [3.05, 3.63) is 64.5 Å². The number of nitrogens with zero attached hydrogens (tertiary/aromatic N) is 1. The molecule has 0 saturated heterocycles. The third kappa shape index (κ3) is 4.71. The van der Waals surface area contributed by atoms with Gasteiger partial charge in [0.2, 0.25) is 0 Å². The van der Waals surface area contributed by atoms with Crippen LogP contribution in [0.4, 0.5) is 4.39 Å². The van der Waals surface area contributed by atoms with Crippen LogP contribution in [0.15, 0.2) is 48.1 Å². The van der Waals surface area contributed by atoms with Crippen LogP contribution >= 0.6 is 22.9 Å². The van der Waals surface area contributed by atoms with Gasteiger partial charge in [-0.25, -0.2) is 4.39 Å². The second kappa shape index (κ2) is 8.61. The zero-order chi connectivity index (χ0) is 19.4. The summed E-state index contributed by atoms with van der Waals surface area (Å²) >= 11 is 7.71. The highest BCUT2D eigenvalue weighted by Crippen LogP contribution is 2.34. The summed E-state index contributed by atoms with van der Waals surface area (Å²) in [5.41, 5.74) is 4.45. The van der Waals surface area contributed by atoms with Gasteiger partial charge in [-0.2, -0.15) is 0 Å². The summed E-state index contributed by atoms with van der Waals surface area (Å²) in [6, 6.07) is 9.56. The molecule has 1 heterocycles. The van der Waals surface area contributed by atoms with Gasteiger partial charge < -0.3 is 10.1 Å². The van der Waals surface area contributed by atoms with E-state index in [-0.39, 0.29) is 17.0 Å². The Labute approximate surface area is 166 Å². The van der Waals surface area contributed by atoms with Gasteiger partial charge in [-0.1, -0.05) is 11.6 Å². The lowest BCUT2D eigenvalue weighted by atomic mass is 9.98. The minimum atomic E-state index is -0.409. The lowest BCUT2D eigenvalue weighted by molar-refractivity contribution is 0.0905. The highest BCUT2D eigenvalue weighted by molar-refractivity contribution is 7.13. The van der Waals surface area contributed by atoms with Crippen LogP contribution in [0, 0.1) is 5.82 Å². The van der Waals surface area contributed by atoms with E-state index in [1.54, 1.807) is 30.9 Å². The summed E-state index contributed by atoms with van der Waals surface area (Å²) in [5, 5.41) is 3.19. The number of thiazole rings is 1. The molecule has 1 aromatic heterocycles. The maximum atomic E-state index is 13.4. The standard InChI is InChI=1S/C20H18ClFN2O2S/c1-12(10-26-2)24-20(25)15-6-13(17-4-3-16(22)8-18(17)21)5-14(7-15)19-9-23-11-27-19/h3-9,11-12H,10H2,1-2H3,(H,24,25). The largest absolute Gasteiger partial charge is 0.383 e. The molecule has 4 nitrogen and oxygen atoms in total. The quantitative estimate of drug-likeness (QED) is 0.626. The molecule has 0 saturated carbocycles. The summed E-state index contributed by atoms with van der Waals surface area (Å²) < 4.78 is 18.5. The van der Waals surface area contributed by atoms with Gasteiger partial charge in [0, 0.05) is 30.5 Å². The minimum Gasteiger partial charge on any atom is -0.383 e. The average molecular weight is 405 g/mol. The van der Waals surface area contributed by atoms with Crippen molar-refractivity contribution in [2.24, 2.45) is 0 Å². The fourth-order valence-electron chi connectivity index (χ4n) is 2.74. The number of hydrogen-bond acceptors (Lipinski definition) is 4. The highest BCUT2D eigenvalue weighted by atomic mass is 35.5. The first-order valence-electron chi connectivity index (χ1n) is 8.27. The number of halogens is 2. The average Bonchev–Trinajstić information content (AvgIpc) is 3.16. The van der Waals surface area contributed by atoms with E-state index in [1.165, 1.54) is 23.5 Å². The van der Waals surface area contributed by atoms with Crippen molar-refractivity contribution < 1.29 is 13.9 Å². The summed E-state index contributed by atoms with van der Waals surface area (Å²) in [6.07, 6.45) is 1.74. The molecule has 27 heavy (non-hydrogen) atoms. The first kappa shape index (κ1) is 19.5. The van der Waals surface area contributed by atoms with Gasteiger partial charge in [0.15, 0.2) is 0 Å². The van der Waals surface area contributed by atoms with Gasteiger partial charge in [-0.3, -0.25) is 9.78 Å². The van der Waals surface area contributed by atoms with Crippen LogP contribution in [0.3, 0.4) is 0 Å². The van der Waals surface area contributed by atoms with E-state index in [2.05, 4.69) is 10.3 Å². The Morgan fingerprint density at radius 1 is 1.30 bits per heavy atom. The molecule has 0 spiro atoms. The van der Waals surface area contributed by atoms with Crippen LogP contribution in [0.1, 0.15) is 17.3 Å². The van der Waals surface area contributed by atoms with Gasteiger partial charge in [-0.05, 0) is 54.4 Å². The van der Waals surface area contributed by atoms with Gasteiger partial charge in [0.1, 0.15) is 5.82 Å². The number of aromatic nitrogens is 1. The van der Waals surface area contributed by atoms with Crippen molar-refractivity contribution in [1.82, 2.24) is 10.3 Å². The predicted octanol–water partition coefficient (Wildman–Crippen LogP) is 5.03. The zero-order valence-electron chi connectivity index (χ0n) is 14.8. The van der Waals surface area contributed by atoms with Crippen LogP contribution in [-0.2, 0) is 4.74 Å². The van der Waals surface area contributed by atoms with E-state index in [4.69, 9.17) is 16.3 Å². The molecule has 0 fully saturated rings. The van der Waals surface area contributed by atoms with Crippen molar-refractivity contribution in [3.8, 4) is 21.6 Å². The van der Waals surface area contributed by atoms with E-state index < -0.39 is 5.82 Å². The van der Waals surface area contributed by atoms with Crippen molar-refractivity contribution in [3.63, 3.8) is 0 Å². The molecule has 0 aliphatic carbocycles. The zero-order valence-corrected chi connectivity index (χ0v) is 16.4. The van der Waals surface area contributed by atoms with Crippen LogP contribution in [0.25, 0.3) is 21.6 Å². The molecule has 140 valence electrons. The Morgan fingerprint density at radius 3 is 2.74 bits per heavy atom. The Morgan fingerprint density at radius 2 is 2.07 bits per heavy atom. The number of nitrogens with one attached hydrogen (secondary N) is 1. The summed E-state index contributed by atoms with van der Waals surface area (Å²) in [4.78, 5) is 17.7. The van der Waals surface area contributed by atoms with Crippen molar-refractivity contribution in [1.29, 1.82) is 0 Å². The topological polar surface area (TPSA) is 51.2 Å². The Balaban J connectivity index is 2.05. The molecule has 0 bridgehead atoms. The smallest absolute Gasteiger partial charge is 0.251 e. The van der Waals surface area contributed by atoms with E-state index in [1.807, 2.05) is 19.1 Å². The van der Waals surface area contributed by atoms with Gasteiger partial charge in [-0.15, -0.1) is 11.3 Å². The first-order chi connectivity index (χ1) is 13.0. The Kier molecular flexibility index (Phi) is 6.21. The molecular formula is C20H18ClFN2O2S. The number of hydrogen-bond donors (Lipinski definition) is 1. The van der Waals surface area contributed by atoms with Crippen LogP contribution in [0.5, 0.6) is 0 Å². The maximum absolute atomic E-state index is 13.4. The number of carbonyl (C=O) groups is 1. The number of methoxy groups -OCH3 is 1. The molecule has 3 rings (SSSR count). The minimum absolute atomic E-state index is 0.132. The van der Waals surface area contributed by atoms with Crippen molar-refractivity contribution in [2.75, 3.05) is 13.7 Å². The second-order valence-electron chi connectivity index (χ2n) is 6.12. The molecule has 2 aromatic carbocycles. The Hall–Kier alpha value is -2.28. The lowest BCUT2D eigenvalue weighted by Gasteiger charge is -2.15. The molecule has 7 heteroatoms. The molecular weight excluding hydrogens is 387 g/mol. The number of carbonyl (C=O) groups excluding carboxylic acids is 1. The highest BCUT2D eigenvalue weighted by Gasteiger charge is 2.15. The fraction of sp³-hybridized carbons (Fsp3) is 0.200. The molecule has 0 aliphatic rings. The molecule has 1 atom stereocenters. The monoisotopic (exact) mass is 404 g/mol. The van der Waals surface area contributed by atoms with Crippen LogP contribution in [0.2, 0.25) is 5.02 Å². The fourth-order valence-corrected chi connectivity index (χ4v) is 3.62. The third-order valence-corrected chi connectivity index (χ3v) is 5.08. The molecule has 0 radical (unpaired) electrons. The van der Waals surface area contributed by atoms with Crippen molar-refractivity contribution >= 4 is 28.8 Å². The number of rotatable bonds is 6. The molecule has 1 unspecified atom stereocenters. The van der Waals surface area contributed by atoms with E-state index in [0.29, 0.717) is 17.7 Å². The summed E-state index contributed by atoms with van der Waals surface area (Å²) in [5.74, 6) is -0.626. The number of benzene rings is 2. The van der Waals surface area contributed by atoms with Gasteiger partial charge in [0.05, 0.1) is 22.0 Å². The lowest BCUT2D eigenvalue weighted by Crippen LogP contribution is -2.35. The SMILES string of the molecule is COCC(C)NC(=O)c1cc(-c2cncs2)cc(-c2ccc(F)cc2Cl)c1. The second-order valence-corrected chi connectivity index (χ2v) is 7.41. The number of amides is 1. The first-order valence-corrected chi connectivity index (χ1v) is 9.53. The van der Waals surface area contributed by atoms with Crippen LogP contribution in [-0.4, -0.2) is 30.6 Å². The molecule has 1 amide bonds. The van der Waals surface area contributed by atoms with Crippen LogP contribution < -0.4 is 5.32 Å². The van der Waals surface area contributed by atoms with E-state index >= 15 is 0 Å².